The number of pyridine rings is 3. The highest BCUT2D eigenvalue weighted by Crippen LogP contribution is 2.43. The summed E-state index contributed by atoms with van der Waals surface area (Å²) in [7, 11) is 0. The van der Waals surface area contributed by atoms with Gasteiger partial charge in [-0.05, 0) is 130 Å². The molecule has 6 nitrogen and oxygen atoms in total. The van der Waals surface area contributed by atoms with Gasteiger partial charge < -0.3 is 9.47 Å². The first-order valence-corrected chi connectivity index (χ1v) is 19.4. The van der Waals surface area contributed by atoms with Crippen molar-refractivity contribution in [2.45, 2.75) is 13.0 Å². The van der Waals surface area contributed by atoms with Crippen LogP contribution in [0.2, 0.25) is 0 Å². The molecule has 4 aromatic heterocycles. The van der Waals surface area contributed by atoms with Crippen LogP contribution in [0.5, 0.6) is 0 Å². The molecule has 0 aliphatic carbocycles. The molecule has 0 saturated heterocycles. The molecule has 0 radical (unpaired) electrons. The lowest BCUT2D eigenvalue weighted by atomic mass is 9.95. The number of aromatic nitrogens is 4. The van der Waals surface area contributed by atoms with Crippen molar-refractivity contribution in [1.82, 2.24) is 19.5 Å². The van der Waals surface area contributed by atoms with Crippen LogP contribution >= 0.6 is 0 Å². The van der Waals surface area contributed by atoms with Gasteiger partial charge in [-0.1, -0.05) is 66.7 Å². The minimum Gasteiger partial charge on any atom is -0.335 e. The Kier molecular flexibility index (Phi) is 7.91. The molecular weight excluding hydrogens is 697 g/mol. The van der Waals surface area contributed by atoms with Gasteiger partial charge in [0.05, 0.1) is 29.5 Å². The monoisotopic (exact) mass is 732 g/mol. The third-order valence-electron chi connectivity index (χ3n) is 11.3. The van der Waals surface area contributed by atoms with Gasteiger partial charge in [-0.15, -0.1) is 0 Å². The second-order valence-corrected chi connectivity index (χ2v) is 14.7. The standard InChI is InChI=1S/C51H36N6/c1-6-34(24-36(8-1)41-10-4-20-52-30-41)38-14-16-49-47(27-38)40-18-23-55-43(26-40)33-56(49)44-12-3-13-45(29-44)57-50-17-15-39(28-48(50)46-19-22-54-32-51(46)57)35-7-2-9-37(25-35)42-11-5-21-53-31-42/h1-4,6-20,22-32H,5,21,33H2. The van der Waals surface area contributed by atoms with Crippen LogP contribution in [0.4, 0.5) is 11.4 Å². The number of hydrogen-bond donors (Lipinski definition) is 0. The zero-order valence-electron chi connectivity index (χ0n) is 31.1. The summed E-state index contributed by atoms with van der Waals surface area (Å²) >= 11 is 0. The molecule has 5 aromatic carbocycles. The summed E-state index contributed by atoms with van der Waals surface area (Å²) < 4.78 is 2.35. The molecule has 0 fully saturated rings. The number of fused-ring (bicyclic) bond motifs is 7. The van der Waals surface area contributed by atoms with Gasteiger partial charge in [0.1, 0.15) is 0 Å². The number of benzene rings is 5. The van der Waals surface area contributed by atoms with Crippen LogP contribution in [-0.2, 0) is 6.54 Å². The molecule has 11 rings (SSSR count). The van der Waals surface area contributed by atoms with Gasteiger partial charge in [0.2, 0.25) is 0 Å². The molecule has 6 heterocycles. The van der Waals surface area contributed by atoms with Crippen LogP contribution in [0.15, 0.2) is 182 Å². The van der Waals surface area contributed by atoms with Crippen molar-refractivity contribution in [2.24, 2.45) is 4.99 Å². The van der Waals surface area contributed by atoms with E-state index in [-0.39, 0.29) is 0 Å². The first kappa shape index (κ1) is 32.9. The molecule has 2 aliphatic heterocycles. The van der Waals surface area contributed by atoms with Crippen molar-refractivity contribution in [1.29, 1.82) is 0 Å². The normalized spacial score (nSPS) is 13.4. The number of rotatable bonds is 6. The molecule has 0 amide bonds. The van der Waals surface area contributed by atoms with Crippen molar-refractivity contribution >= 4 is 45.0 Å². The fraction of sp³-hybridized carbons (Fsp3) is 0.0588. The minimum absolute atomic E-state index is 0.653. The van der Waals surface area contributed by atoms with Crippen LogP contribution < -0.4 is 4.90 Å². The van der Waals surface area contributed by atoms with Crippen molar-refractivity contribution in [3.63, 3.8) is 0 Å². The van der Waals surface area contributed by atoms with E-state index in [9.17, 15) is 0 Å². The van der Waals surface area contributed by atoms with E-state index in [2.05, 4.69) is 164 Å². The van der Waals surface area contributed by atoms with E-state index >= 15 is 0 Å². The largest absolute Gasteiger partial charge is 0.335 e. The topological polar surface area (TPSA) is 59.2 Å². The third-order valence-corrected chi connectivity index (χ3v) is 11.3. The Hall–Kier alpha value is -7.44. The Balaban J connectivity index is 0.999. The van der Waals surface area contributed by atoms with Crippen molar-refractivity contribution in [3.8, 4) is 50.2 Å². The van der Waals surface area contributed by atoms with E-state index in [0.717, 1.165) is 74.6 Å². The van der Waals surface area contributed by atoms with Gasteiger partial charge in [-0.3, -0.25) is 19.9 Å². The molecule has 2 aliphatic rings. The average Bonchev–Trinajstić information content (AvgIpc) is 3.57. The maximum absolute atomic E-state index is 4.80. The van der Waals surface area contributed by atoms with Crippen LogP contribution in [0.3, 0.4) is 0 Å². The van der Waals surface area contributed by atoms with Crippen molar-refractivity contribution in [3.05, 3.63) is 188 Å². The first-order valence-electron chi connectivity index (χ1n) is 19.4. The second kappa shape index (κ2) is 13.7. The van der Waals surface area contributed by atoms with E-state index in [4.69, 9.17) is 4.98 Å². The third kappa shape index (κ3) is 5.90. The smallest absolute Gasteiger partial charge is 0.0724 e. The zero-order chi connectivity index (χ0) is 37.7. The number of hydrogen-bond acceptors (Lipinski definition) is 5. The van der Waals surface area contributed by atoms with Crippen LogP contribution in [-0.4, -0.2) is 32.3 Å². The summed E-state index contributed by atoms with van der Waals surface area (Å²) in [6.07, 6.45) is 14.8. The number of aliphatic imine (C=N–C) groups is 1. The lowest BCUT2D eigenvalue weighted by Gasteiger charge is -2.26. The number of anilines is 2. The minimum atomic E-state index is 0.653. The molecule has 0 N–H and O–H groups in total. The van der Waals surface area contributed by atoms with Gasteiger partial charge >= 0.3 is 0 Å². The molecule has 0 atom stereocenters. The molecule has 270 valence electrons. The first-order chi connectivity index (χ1) is 28.2. The summed E-state index contributed by atoms with van der Waals surface area (Å²) in [5.41, 5.74) is 18.2. The zero-order valence-corrected chi connectivity index (χ0v) is 31.1. The van der Waals surface area contributed by atoms with Crippen LogP contribution in [0, 0.1) is 0 Å². The number of nitrogens with zero attached hydrogens (tertiary/aromatic N) is 6. The molecular formula is C51H36N6. The van der Waals surface area contributed by atoms with Crippen LogP contribution in [0.25, 0.3) is 77.6 Å². The molecule has 0 spiro atoms. The SMILES string of the molecule is C1=NCCC=C1c1cccc(-c2ccc3c(c2)c2ccncc2n3-c2cccc(N3Cc4cc(ccn4)-c4cc(-c5cccc(-c6cccnc6)c5)ccc43)c2)c1. The molecule has 0 unspecified atom stereocenters. The molecule has 9 aromatic rings. The predicted octanol–water partition coefficient (Wildman–Crippen LogP) is 12.1. The predicted molar refractivity (Wildman–Crippen MR) is 234 cm³/mol. The molecule has 2 bridgehead atoms. The molecule has 57 heavy (non-hydrogen) atoms. The van der Waals surface area contributed by atoms with Gasteiger partial charge in [0.25, 0.3) is 0 Å². The van der Waals surface area contributed by atoms with Gasteiger partial charge in [-0.2, -0.15) is 0 Å². The van der Waals surface area contributed by atoms with E-state index < -0.39 is 0 Å². The fourth-order valence-corrected chi connectivity index (χ4v) is 8.51. The molecule has 0 saturated carbocycles. The lowest BCUT2D eigenvalue weighted by molar-refractivity contribution is 0.936. The quantitative estimate of drug-likeness (QED) is 0.171. The average molecular weight is 733 g/mol. The van der Waals surface area contributed by atoms with Crippen LogP contribution in [0.1, 0.15) is 17.7 Å². The van der Waals surface area contributed by atoms with Crippen molar-refractivity contribution in [2.75, 3.05) is 11.4 Å². The van der Waals surface area contributed by atoms with E-state index in [0.29, 0.717) is 6.54 Å². The number of dihydropyridines is 1. The van der Waals surface area contributed by atoms with E-state index in [1.807, 2.05) is 43.3 Å². The maximum Gasteiger partial charge on any atom is 0.0724 e. The summed E-state index contributed by atoms with van der Waals surface area (Å²) in [6, 6.07) is 50.6. The Bertz CT molecular complexity index is 3070. The Morgan fingerprint density at radius 2 is 1.25 bits per heavy atom. The highest BCUT2D eigenvalue weighted by molar-refractivity contribution is 6.12. The van der Waals surface area contributed by atoms with E-state index in [1.165, 1.54) is 38.6 Å². The Morgan fingerprint density at radius 1 is 0.491 bits per heavy atom. The van der Waals surface area contributed by atoms with Gasteiger partial charge in [0.15, 0.2) is 0 Å². The summed E-state index contributed by atoms with van der Waals surface area (Å²) in [5.74, 6) is 0. The Morgan fingerprint density at radius 3 is 2.11 bits per heavy atom. The highest BCUT2D eigenvalue weighted by Gasteiger charge is 2.22. The highest BCUT2D eigenvalue weighted by atomic mass is 15.2. The summed E-state index contributed by atoms with van der Waals surface area (Å²) in [6.45, 7) is 1.52. The Labute approximate surface area is 330 Å². The maximum atomic E-state index is 4.80. The van der Waals surface area contributed by atoms with Gasteiger partial charge in [0, 0.05) is 76.5 Å². The summed E-state index contributed by atoms with van der Waals surface area (Å²) in [5, 5.41) is 2.37. The van der Waals surface area contributed by atoms with E-state index in [1.54, 1.807) is 0 Å². The lowest BCUT2D eigenvalue weighted by Crippen LogP contribution is -2.17. The number of allylic oxidation sites excluding steroid dienone is 1. The second-order valence-electron chi connectivity index (χ2n) is 14.7. The fourth-order valence-electron chi connectivity index (χ4n) is 8.51. The summed E-state index contributed by atoms with van der Waals surface area (Å²) in [4.78, 5) is 20.7. The van der Waals surface area contributed by atoms with Crippen molar-refractivity contribution < 1.29 is 0 Å². The van der Waals surface area contributed by atoms with Gasteiger partial charge in [-0.25, -0.2) is 0 Å². The molecule has 6 heteroatoms.